The lowest BCUT2D eigenvalue weighted by Gasteiger charge is -2.11. The average Bonchev–Trinajstić information content (AvgIpc) is 2.68. The zero-order valence-electron chi connectivity index (χ0n) is 11.2. The molecular formula is C13H21NO3S. The number of aromatic carboxylic acids is 1. The van der Waals surface area contributed by atoms with Gasteiger partial charge in [0.25, 0.3) is 0 Å². The molecule has 1 atom stereocenters. The summed E-state index contributed by atoms with van der Waals surface area (Å²) in [5.41, 5.74) is 0.251. The van der Waals surface area contributed by atoms with Crippen LogP contribution in [0.5, 0.6) is 0 Å². The van der Waals surface area contributed by atoms with Crippen molar-refractivity contribution in [2.75, 3.05) is 11.5 Å². The van der Waals surface area contributed by atoms with E-state index in [2.05, 4.69) is 19.2 Å². The molecule has 1 aromatic rings. The van der Waals surface area contributed by atoms with E-state index in [1.165, 1.54) is 0 Å². The Balaban J connectivity index is 2.39. The largest absolute Gasteiger partial charge is 0.478 e. The van der Waals surface area contributed by atoms with Crippen LogP contribution in [-0.4, -0.2) is 28.6 Å². The molecule has 2 N–H and O–H groups in total. The van der Waals surface area contributed by atoms with Crippen LogP contribution in [0.1, 0.15) is 42.1 Å². The summed E-state index contributed by atoms with van der Waals surface area (Å²) in [4.78, 5) is 10.9. The molecule has 1 heterocycles. The summed E-state index contributed by atoms with van der Waals surface area (Å²) < 4.78 is 5.40. The van der Waals surface area contributed by atoms with E-state index in [4.69, 9.17) is 9.52 Å². The van der Waals surface area contributed by atoms with Crippen LogP contribution in [-0.2, 0) is 6.54 Å². The second kappa shape index (κ2) is 7.48. The number of carboxylic acids is 1. The number of hydrogen-bond donors (Lipinski definition) is 2. The number of furan rings is 1. The van der Waals surface area contributed by atoms with E-state index in [9.17, 15) is 4.79 Å². The lowest BCUT2D eigenvalue weighted by Crippen LogP contribution is -2.25. The number of aryl methyl sites for hydroxylation is 1. The van der Waals surface area contributed by atoms with Crippen molar-refractivity contribution in [3.8, 4) is 0 Å². The maximum atomic E-state index is 10.9. The molecule has 0 spiro atoms. The summed E-state index contributed by atoms with van der Waals surface area (Å²) in [5.74, 6) is 2.50. The minimum atomic E-state index is -0.935. The van der Waals surface area contributed by atoms with Crippen molar-refractivity contribution in [1.82, 2.24) is 5.32 Å². The van der Waals surface area contributed by atoms with Gasteiger partial charge >= 0.3 is 5.97 Å². The van der Waals surface area contributed by atoms with Crippen molar-refractivity contribution >= 4 is 17.7 Å². The molecule has 1 unspecified atom stereocenters. The molecule has 4 nitrogen and oxygen atoms in total. The Kier molecular flexibility index (Phi) is 6.29. The highest BCUT2D eigenvalue weighted by molar-refractivity contribution is 7.99. The van der Waals surface area contributed by atoms with Gasteiger partial charge in [-0.3, -0.25) is 0 Å². The summed E-state index contributed by atoms with van der Waals surface area (Å²) in [6, 6.07) is 2.00. The van der Waals surface area contributed by atoms with E-state index in [0.717, 1.165) is 17.9 Å². The fourth-order valence-corrected chi connectivity index (χ4v) is 2.43. The molecule has 0 fully saturated rings. The third-order valence-corrected chi connectivity index (χ3v) is 3.66. The second-order valence-corrected chi connectivity index (χ2v) is 5.65. The van der Waals surface area contributed by atoms with Gasteiger partial charge in [-0.05, 0) is 37.8 Å². The van der Waals surface area contributed by atoms with Crippen LogP contribution in [0.3, 0.4) is 0 Å². The predicted octanol–water partition coefficient (Wildman–Crippen LogP) is 2.91. The molecule has 1 aromatic heterocycles. The number of nitrogens with one attached hydrogen (secondary N) is 1. The molecule has 18 heavy (non-hydrogen) atoms. The summed E-state index contributed by atoms with van der Waals surface area (Å²) in [7, 11) is 0. The van der Waals surface area contributed by atoms with Crippen molar-refractivity contribution in [2.45, 2.75) is 39.8 Å². The summed E-state index contributed by atoms with van der Waals surface area (Å²) >= 11 is 1.93. The summed E-state index contributed by atoms with van der Waals surface area (Å²) in [6.45, 7) is 6.53. The standard InChI is InChI=1S/C13H21NO3S/c1-4-18-6-5-9(2)14-8-11-7-12(13(15)16)10(3)17-11/h7,9,14H,4-6,8H2,1-3H3,(H,15,16). The first kappa shape index (κ1) is 15.1. The Morgan fingerprint density at radius 1 is 1.61 bits per heavy atom. The average molecular weight is 271 g/mol. The number of thioether (sulfide) groups is 1. The van der Waals surface area contributed by atoms with Crippen LogP contribution in [0.2, 0.25) is 0 Å². The lowest BCUT2D eigenvalue weighted by molar-refractivity contribution is 0.0695. The van der Waals surface area contributed by atoms with Crippen molar-refractivity contribution in [3.63, 3.8) is 0 Å². The summed E-state index contributed by atoms with van der Waals surface area (Å²) in [5, 5.41) is 12.3. The predicted molar refractivity (Wildman–Crippen MR) is 74.3 cm³/mol. The van der Waals surface area contributed by atoms with Crippen LogP contribution in [0.4, 0.5) is 0 Å². The van der Waals surface area contributed by atoms with Crippen LogP contribution < -0.4 is 5.32 Å². The van der Waals surface area contributed by atoms with Crippen LogP contribution >= 0.6 is 11.8 Å². The molecule has 0 bridgehead atoms. The van der Waals surface area contributed by atoms with Crippen molar-refractivity contribution < 1.29 is 14.3 Å². The smallest absolute Gasteiger partial charge is 0.339 e. The molecule has 0 aromatic carbocycles. The SMILES string of the molecule is CCSCCC(C)NCc1cc(C(=O)O)c(C)o1. The Labute approximate surface area is 112 Å². The molecule has 0 saturated carbocycles. The molecular weight excluding hydrogens is 250 g/mol. The van der Waals surface area contributed by atoms with E-state index >= 15 is 0 Å². The van der Waals surface area contributed by atoms with Crippen molar-refractivity contribution in [2.24, 2.45) is 0 Å². The monoisotopic (exact) mass is 271 g/mol. The van der Waals surface area contributed by atoms with Crippen LogP contribution in [0.25, 0.3) is 0 Å². The highest BCUT2D eigenvalue weighted by atomic mass is 32.2. The fraction of sp³-hybridized carbons (Fsp3) is 0.615. The van der Waals surface area contributed by atoms with E-state index in [1.54, 1.807) is 13.0 Å². The maximum Gasteiger partial charge on any atom is 0.339 e. The van der Waals surface area contributed by atoms with Gasteiger partial charge in [-0.25, -0.2) is 4.79 Å². The van der Waals surface area contributed by atoms with Gasteiger partial charge in [-0.2, -0.15) is 11.8 Å². The van der Waals surface area contributed by atoms with Crippen LogP contribution in [0.15, 0.2) is 10.5 Å². The molecule has 0 saturated heterocycles. The molecule has 0 aliphatic heterocycles. The van der Waals surface area contributed by atoms with E-state index < -0.39 is 5.97 Å². The van der Waals surface area contributed by atoms with Gasteiger partial charge in [-0.15, -0.1) is 0 Å². The molecule has 0 aliphatic carbocycles. The van der Waals surface area contributed by atoms with E-state index in [0.29, 0.717) is 24.1 Å². The Hall–Kier alpha value is -0.940. The lowest BCUT2D eigenvalue weighted by atomic mass is 10.2. The zero-order valence-corrected chi connectivity index (χ0v) is 12.0. The van der Waals surface area contributed by atoms with Gasteiger partial charge in [-0.1, -0.05) is 6.92 Å². The minimum Gasteiger partial charge on any atom is -0.478 e. The molecule has 1 rings (SSSR count). The molecule has 102 valence electrons. The number of carbonyl (C=O) groups is 1. The first-order chi connectivity index (χ1) is 8.54. The van der Waals surface area contributed by atoms with Gasteiger partial charge in [0.2, 0.25) is 0 Å². The topological polar surface area (TPSA) is 62.5 Å². The van der Waals surface area contributed by atoms with Gasteiger partial charge in [0.1, 0.15) is 17.1 Å². The number of hydrogen-bond acceptors (Lipinski definition) is 4. The van der Waals surface area contributed by atoms with Crippen molar-refractivity contribution in [1.29, 1.82) is 0 Å². The minimum absolute atomic E-state index is 0.251. The molecule has 5 heteroatoms. The normalized spacial score (nSPS) is 12.6. The fourth-order valence-electron chi connectivity index (χ4n) is 1.62. The highest BCUT2D eigenvalue weighted by Gasteiger charge is 2.13. The van der Waals surface area contributed by atoms with E-state index in [-0.39, 0.29) is 5.56 Å². The Bertz CT molecular complexity index is 390. The van der Waals surface area contributed by atoms with Crippen molar-refractivity contribution in [3.05, 3.63) is 23.2 Å². The quantitative estimate of drug-likeness (QED) is 0.712. The highest BCUT2D eigenvalue weighted by Crippen LogP contribution is 2.14. The Morgan fingerprint density at radius 2 is 2.33 bits per heavy atom. The summed E-state index contributed by atoms with van der Waals surface area (Å²) in [6.07, 6.45) is 1.10. The van der Waals surface area contributed by atoms with Crippen LogP contribution in [0, 0.1) is 6.92 Å². The zero-order chi connectivity index (χ0) is 13.5. The number of carboxylic acid groups (broad SMARTS) is 1. The molecule has 0 radical (unpaired) electrons. The third-order valence-electron chi connectivity index (χ3n) is 2.72. The second-order valence-electron chi connectivity index (χ2n) is 4.26. The van der Waals surface area contributed by atoms with E-state index in [1.807, 2.05) is 11.8 Å². The first-order valence-electron chi connectivity index (χ1n) is 6.18. The van der Waals surface area contributed by atoms with Gasteiger partial charge in [0.05, 0.1) is 6.54 Å². The molecule has 0 aliphatic rings. The first-order valence-corrected chi connectivity index (χ1v) is 7.33. The number of rotatable bonds is 8. The van der Waals surface area contributed by atoms with Gasteiger partial charge in [0, 0.05) is 6.04 Å². The Morgan fingerprint density at radius 3 is 2.89 bits per heavy atom. The maximum absolute atomic E-state index is 10.9. The third kappa shape index (κ3) is 4.74. The van der Waals surface area contributed by atoms with Gasteiger partial charge in [0.15, 0.2) is 0 Å². The van der Waals surface area contributed by atoms with Gasteiger partial charge < -0.3 is 14.8 Å². The molecule has 0 amide bonds.